The SMILES string of the molecule is CSC(=S)SC(C#N)CC(CC(CC(C)(C)C#N)c1ccc(-c2ccc3c(c2)c(=O)c2cc4c(cc2n3C)c(=O)c2ccccc2n4C)cc1)c1ccc(N(c2cccc(C)c2)c2ccc3c(c2)C(C)(C)c2cc(N(c4ccccc4)c4cccc(C)c4)ccc2-3)cc1. The number of hydrogen-bond acceptors (Lipinski definition) is 9. The molecule has 0 saturated heterocycles. The van der Waals surface area contributed by atoms with Gasteiger partial charge in [0.25, 0.3) is 0 Å². The predicted molar refractivity (Wildman–Crippen MR) is 397 cm³/mol. The molecular weight excluding hydrogens is 1200 g/mol. The fourth-order valence-corrected chi connectivity index (χ4v) is 16.0. The first-order chi connectivity index (χ1) is 44.8. The van der Waals surface area contributed by atoms with Crippen LogP contribution in [0.15, 0.2) is 228 Å². The smallest absolute Gasteiger partial charge is 0.197 e. The van der Waals surface area contributed by atoms with Crippen molar-refractivity contribution in [2.75, 3.05) is 16.1 Å². The van der Waals surface area contributed by atoms with Gasteiger partial charge in [0.15, 0.2) is 10.9 Å². The number of aromatic nitrogens is 2. The molecule has 3 atom stereocenters. The number of aryl methyl sites for hydroxylation is 4. The van der Waals surface area contributed by atoms with Crippen molar-refractivity contribution in [3.05, 3.63) is 272 Å². The quantitative estimate of drug-likeness (QED) is 0.0692. The van der Waals surface area contributed by atoms with Crippen LogP contribution in [0.25, 0.3) is 65.9 Å². The highest BCUT2D eigenvalue weighted by Gasteiger charge is 2.37. The average Bonchev–Trinajstić information content (AvgIpc) is 1.60. The molecule has 1 aliphatic rings. The van der Waals surface area contributed by atoms with E-state index in [0.717, 1.165) is 76.5 Å². The summed E-state index contributed by atoms with van der Waals surface area (Å²) in [5.74, 6) is -0.138. The highest BCUT2D eigenvalue weighted by atomic mass is 32.2. The van der Waals surface area contributed by atoms with Crippen molar-refractivity contribution in [2.24, 2.45) is 19.5 Å². The van der Waals surface area contributed by atoms with E-state index in [1.807, 2.05) is 91.9 Å². The van der Waals surface area contributed by atoms with Crippen molar-refractivity contribution in [3.63, 3.8) is 0 Å². The Bertz CT molecular complexity index is 5150. The summed E-state index contributed by atoms with van der Waals surface area (Å²) in [4.78, 5) is 33.2. The zero-order valence-corrected chi connectivity index (χ0v) is 56.3. The molecule has 2 heterocycles. The molecule has 0 amide bonds. The second-order valence-corrected chi connectivity index (χ2v) is 29.4. The average molecular weight is 1270 g/mol. The molecule has 2 aromatic heterocycles. The summed E-state index contributed by atoms with van der Waals surface area (Å²) in [6.45, 7) is 13.0. The fourth-order valence-electron chi connectivity index (χ4n) is 14.3. The number of pyridine rings is 2. The Hall–Kier alpha value is -9.49. The van der Waals surface area contributed by atoms with Crippen LogP contribution in [0.1, 0.15) is 92.2 Å². The highest BCUT2D eigenvalue weighted by molar-refractivity contribution is 8.47. The van der Waals surface area contributed by atoms with Gasteiger partial charge in [-0.15, -0.1) is 11.8 Å². The van der Waals surface area contributed by atoms with E-state index in [0.29, 0.717) is 51.8 Å². The van der Waals surface area contributed by atoms with Crippen LogP contribution < -0.4 is 20.7 Å². The summed E-state index contributed by atoms with van der Waals surface area (Å²) in [5, 5.41) is 23.4. The summed E-state index contributed by atoms with van der Waals surface area (Å²) in [5.41, 5.74) is 19.8. The van der Waals surface area contributed by atoms with Gasteiger partial charge in [-0.05, 0) is 230 Å². The number of para-hydroxylation sites is 2. The number of thiocarbonyl (C=S) groups is 1. The summed E-state index contributed by atoms with van der Waals surface area (Å²) >= 11 is 8.69. The molecule has 93 heavy (non-hydrogen) atoms. The van der Waals surface area contributed by atoms with Crippen LogP contribution in [-0.2, 0) is 19.5 Å². The van der Waals surface area contributed by atoms with Crippen molar-refractivity contribution in [1.82, 2.24) is 9.13 Å². The Kier molecular flexibility index (Phi) is 16.9. The minimum atomic E-state index is -0.653. The van der Waals surface area contributed by atoms with E-state index in [2.05, 4.69) is 219 Å². The van der Waals surface area contributed by atoms with Crippen molar-refractivity contribution in [1.29, 1.82) is 10.5 Å². The number of anilines is 6. The first kappa shape index (κ1) is 62.3. The summed E-state index contributed by atoms with van der Waals surface area (Å²) in [7, 11) is 3.89. The van der Waals surface area contributed by atoms with E-state index >= 15 is 0 Å². The molecule has 11 heteroatoms. The molecule has 3 unspecified atom stereocenters. The first-order valence-corrected chi connectivity index (χ1v) is 34.2. The van der Waals surface area contributed by atoms with Gasteiger partial charge in [-0.2, -0.15) is 10.5 Å². The molecule has 8 nitrogen and oxygen atoms in total. The number of nitrogens with zero attached hydrogens (tertiary/aromatic N) is 6. The lowest BCUT2D eigenvalue weighted by atomic mass is 9.75. The minimum Gasteiger partial charge on any atom is -0.343 e. The lowest BCUT2D eigenvalue weighted by molar-refractivity contribution is 0.367. The first-order valence-electron chi connectivity index (χ1n) is 31.6. The normalized spacial score (nSPS) is 13.5. The van der Waals surface area contributed by atoms with E-state index in [4.69, 9.17) is 12.2 Å². The third kappa shape index (κ3) is 11.8. The molecule has 12 aromatic rings. The zero-order chi connectivity index (χ0) is 65.0. The number of rotatable bonds is 16. The Morgan fingerprint density at radius 3 is 1.55 bits per heavy atom. The van der Waals surface area contributed by atoms with E-state index < -0.39 is 10.7 Å². The van der Waals surface area contributed by atoms with Gasteiger partial charge in [-0.25, -0.2) is 0 Å². The Balaban J connectivity index is 0.837. The molecule has 460 valence electrons. The molecule has 10 aromatic carbocycles. The second kappa shape index (κ2) is 25.2. The van der Waals surface area contributed by atoms with Gasteiger partial charge in [0.2, 0.25) is 0 Å². The molecule has 0 saturated carbocycles. The van der Waals surface area contributed by atoms with Gasteiger partial charge in [-0.3, -0.25) is 9.59 Å². The minimum absolute atomic E-state index is 0.0543. The van der Waals surface area contributed by atoms with Gasteiger partial charge in [0.1, 0.15) is 3.53 Å². The molecule has 0 aliphatic heterocycles. The number of thioether (sulfide) groups is 2. The molecule has 0 fully saturated rings. The lowest BCUT2D eigenvalue weighted by Crippen LogP contribution is -2.18. The number of nitriles is 2. The summed E-state index contributed by atoms with van der Waals surface area (Å²) < 4.78 is 4.74. The van der Waals surface area contributed by atoms with Gasteiger partial charge in [0, 0.05) is 75.2 Å². The molecular formula is C82H72N6O2S3. The van der Waals surface area contributed by atoms with Crippen molar-refractivity contribution in [2.45, 2.75) is 83.3 Å². The summed E-state index contributed by atoms with van der Waals surface area (Å²) in [6.07, 6.45) is 3.80. The van der Waals surface area contributed by atoms with Crippen molar-refractivity contribution < 1.29 is 0 Å². The Morgan fingerprint density at radius 2 is 0.989 bits per heavy atom. The van der Waals surface area contributed by atoms with Gasteiger partial charge >= 0.3 is 0 Å². The van der Waals surface area contributed by atoms with Crippen LogP contribution in [0.4, 0.5) is 34.1 Å². The molecule has 0 radical (unpaired) electrons. The van der Waals surface area contributed by atoms with Gasteiger partial charge in [-0.1, -0.05) is 147 Å². The number of benzene rings is 10. The predicted octanol–water partition coefficient (Wildman–Crippen LogP) is 21.1. The maximum Gasteiger partial charge on any atom is 0.197 e. The number of fused-ring (bicyclic) bond motifs is 7. The van der Waals surface area contributed by atoms with Crippen LogP contribution in [-0.4, -0.2) is 24.2 Å². The Labute approximate surface area is 558 Å². The van der Waals surface area contributed by atoms with E-state index in [1.165, 1.54) is 51.3 Å². The van der Waals surface area contributed by atoms with Crippen LogP contribution in [0, 0.1) is 41.9 Å². The lowest BCUT2D eigenvalue weighted by Gasteiger charge is -2.31. The summed E-state index contributed by atoms with van der Waals surface area (Å²) in [6, 6.07) is 82.0. The van der Waals surface area contributed by atoms with Crippen LogP contribution in [0.5, 0.6) is 0 Å². The van der Waals surface area contributed by atoms with Crippen LogP contribution >= 0.6 is 35.7 Å². The van der Waals surface area contributed by atoms with Crippen molar-refractivity contribution in [3.8, 4) is 34.4 Å². The van der Waals surface area contributed by atoms with E-state index in [1.54, 1.807) is 0 Å². The largest absolute Gasteiger partial charge is 0.343 e. The second-order valence-electron chi connectivity index (χ2n) is 26.1. The van der Waals surface area contributed by atoms with Crippen molar-refractivity contribution >= 4 is 117 Å². The molecule has 0 spiro atoms. The topological polar surface area (TPSA) is 98.1 Å². The van der Waals surface area contributed by atoms with E-state index in [-0.39, 0.29) is 28.1 Å². The standard InChI is InChI=1S/C82H72N6O2S3/c1-51-17-15-21-61(39-51)87(59-19-11-10-12-20-59)63-34-36-66-67-37-35-64(45-73(67)82(5,6)72(66)44-63)88(62-22-16-18-52(2)40-62)60-32-29-54(30-33-60)57(42-65(49-83)93-80(91)92-9)41-58(48-81(3,4)50-84)55-27-25-53(26-28-55)56-31-38-75-69(43-56)79(90)71-47-76-70(46-77(71)86(75)8)78(89)68-23-13-14-24-74(68)85(76)7/h10-40,43-47,57-58,65H,41-42,48H2,1-9H3. The fraction of sp³-hybridized carbons (Fsp3) is 0.207. The molecule has 0 N–H and O–H groups in total. The molecule has 13 rings (SSSR count). The van der Waals surface area contributed by atoms with Crippen LogP contribution in [0.2, 0.25) is 0 Å². The zero-order valence-electron chi connectivity index (χ0n) is 53.9. The highest BCUT2D eigenvalue weighted by Crippen LogP contribution is 2.53. The van der Waals surface area contributed by atoms with E-state index in [9.17, 15) is 20.1 Å². The van der Waals surface area contributed by atoms with Gasteiger partial charge < -0.3 is 18.9 Å². The van der Waals surface area contributed by atoms with Crippen LogP contribution in [0.3, 0.4) is 0 Å². The molecule has 1 aliphatic carbocycles. The van der Waals surface area contributed by atoms with Gasteiger partial charge in [0.05, 0.1) is 44.9 Å². The third-order valence-corrected chi connectivity index (χ3v) is 21.8. The maximum absolute atomic E-state index is 14.6. The Morgan fingerprint density at radius 1 is 0.516 bits per heavy atom. The maximum atomic E-state index is 14.6. The monoisotopic (exact) mass is 1270 g/mol. The number of hydrogen-bond donors (Lipinski definition) is 0. The third-order valence-electron chi connectivity index (χ3n) is 19.1. The molecule has 0 bridgehead atoms.